The first-order valence-electron chi connectivity index (χ1n) is 7.93. The van der Waals surface area contributed by atoms with Gasteiger partial charge in [-0.2, -0.15) is 23.4 Å². The number of carbonyl (C=O) groups excluding carboxylic acids is 1. The quantitative estimate of drug-likeness (QED) is 0.859. The topological polar surface area (TPSA) is 84.8 Å². The zero-order valence-electron chi connectivity index (χ0n) is 13.5. The van der Waals surface area contributed by atoms with Crippen molar-refractivity contribution in [3.05, 3.63) is 35.4 Å². The van der Waals surface area contributed by atoms with Crippen molar-refractivity contribution in [3.8, 4) is 0 Å². The minimum absolute atomic E-state index is 0.0305. The van der Waals surface area contributed by atoms with Gasteiger partial charge in [0.05, 0.1) is 17.9 Å². The number of H-pyrrole nitrogens is 1. The van der Waals surface area contributed by atoms with E-state index in [0.717, 1.165) is 16.4 Å². The lowest BCUT2D eigenvalue weighted by atomic mass is 9.97. The van der Waals surface area contributed by atoms with Gasteiger partial charge in [-0.1, -0.05) is 0 Å². The molecule has 0 radical (unpaired) electrons. The van der Waals surface area contributed by atoms with Crippen LogP contribution in [0.15, 0.2) is 18.6 Å². The molecule has 1 saturated heterocycles. The molecule has 0 bridgehead atoms. The van der Waals surface area contributed by atoms with Crippen LogP contribution in [0.25, 0.3) is 0 Å². The third-order valence-corrected chi connectivity index (χ3v) is 4.19. The Morgan fingerprint density at radius 3 is 2.96 bits per heavy atom. The summed E-state index contributed by atoms with van der Waals surface area (Å²) in [7, 11) is 0. The lowest BCUT2D eigenvalue weighted by Gasteiger charge is -2.17. The van der Waals surface area contributed by atoms with Gasteiger partial charge in [-0.3, -0.25) is 14.6 Å². The number of nitrogens with zero attached hydrogens (tertiary/aromatic N) is 3. The summed E-state index contributed by atoms with van der Waals surface area (Å²) in [6.07, 6.45) is 0.255. The number of alkyl halides is 3. The van der Waals surface area contributed by atoms with Gasteiger partial charge in [0.25, 0.3) is 5.91 Å². The maximum Gasteiger partial charge on any atom is 0.435 e. The Balaban J connectivity index is 1.70. The molecule has 0 spiro atoms. The lowest BCUT2D eigenvalue weighted by molar-refractivity contribution is -0.141. The summed E-state index contributed by atoms with van der Waals surface area (Å²) in [5.41, 5.74) is -0.777. The van der Waals surface area contributed by atoms with E-state index in [-0.39, 0.29) is 25.1 Å². The number of hydrogen-bond donors (Lipinski definition) is 2. The molecule has 0 saturated carbocycles. The van der Waals surface area contributed by atoms with Gasteiger partial charge in [0, 0.05) is 43.6 Å². The molecule has 2 aromatic rings. The molecular weight excluding hydrogens is 339 g/mol. The highest BCUT2D eigenvalue weighted by Crippen LogP contribution is 2.34. The molecule has 0 aliphatic carbocycles. The van der Waals surface area contributed by atoms with Gasteiger partial charge in [-0.15, -0.1) is 0 Å². The molecule has 1 amide bonds. The van der Waals surface area contributed by atoms with Gasteiger partial charge in [0.15, 0.2) is 5.69 Å². The van der Waals surface area contributed by atoms with E-state index in [9.17, 15) is 18.0 Å². The van der Waals surface area contributed by atoms with Crippen LogP contribution in [-0.4, -0.2) is 39.0 Å². The van der Waals surface area contributed by atoms with Gasteiger partial charge in [-0.25, -0.2) is 0 Å². The molecule has 2 N–H and O–H groups in total. The van der Waals surface area contributed by atoms with Crippen LogP contribution in [0.5, 0.6) is 0 Å². The van der Waals surface area contributed by atoms with Crippen molar-refractivity contribution >= 4 is 5.91 Å². The second-order valence-electron chi connectivity index (χ2n) is 5.83. The number of aromatic amines is 1. The second-order valence-corrected chi connectivity index (χ2v) is 5.83. The van der Waals surface area contributed by atoms with E-state index < -0.39 is 23.3 Å². The van der Waals surface area contributed by atoms with Crippen LogP contribution in [0.3, 0.4) is 0 Å². The zero-order chi connectivity index (χ0) is 18.0. The standard InChI is InChI=1S/C15H18F3N5O2/c1-2-23-8-11(13(22-23)15(16,17)18)14(24)19-5-9-3-4-25-12(9)10-6-20-21-7-10/h6-9,12H,2-5H2,1H3,(H,19,24)(H,20,21)/t9-,12+/m1/s1. The molecular formula is C15H18F3N5O2. The lowest BCUT2D eigenvalue weighted by Crippen LogP contribution is -2.31. The van der Waals surface area contributed by atoms with E-state index in [1.807, 2.05) is 0 Å². The highest BCUT2D eigenvalue weighted by Gasteiger charge is 2.39. The van der Waals surface area contributed by atoms with Crippen LogP contribution < -0.4 is 5.32 Å². The molecule has 10 heteroatoms. The van der Waals surface area contributed by atoms with E-state index in [2.05, 4.69) is 20.6 Å². The molecule has 0 unspecified atom stereocenters. The third kappa shape index (κ3) is 3.68. The van der Waals surface area contributed by atoms with Crippen molar-refractivity contribution in [3.63, 3.8) is 0 Å². The second kappa shape index (κ2) is 6.87. The van der Waals surface area contributed by atoms with Crippen molar-refractivity contribution in [2.45, 2.75) is 32.2 Å². The molecule has 136 valence electrons. The number of halogens is 3. The Labute approximate surface area is 141 Å². The summed E-state index contributed by atoms with van der Waals surface area (Å²) in [6.45, 7) is 2.64. The number of hydrogen-bond acceptors (Lipinski definition) is 4. The maximum atomic E-state index is 13.1. The van der Waals surface area contributed by atoms with E-state index in [1.54, 1.807) is 19.3 Å². The molecule has 25 heavy (non-hydrogen) atoms. The molecule has 0 aromatic carbocycles. The number of carbonyl (C=O) groups is 1. The van der Waals surface area contributed by atoms with Crippen LogP contribution in [0.1, 0.15) is 41.1 Å². The van der Waals surface area contributed by atoms with Crippen LogP contribution in [-0.2, 0) is 17.5 Å². The van der Waals surface area contributed by atoms with Crippen molar-refractivity contribution < 1.29 is 22.7 Å². The first-order valence-corrected chi connectivity index (χ1v) is 7.93. The van der Waals surface area contributed by atoms with Gasteiger partial charge in [0.1, 0.15) is 0 Å². The van der Waals surface area contributed by atoms with Crippen LogP contribution in [0.4, 0.5) is 13.2 Å². The van der Waals surface area contributed by atoms with Gasteiger partial charge in [-0.05, 0) is 13.3 Å². The van der Waals surface area contributed by atoms with Crippen LogP contribution >= 0.6 is 0 Å². The summed E-state index contributed by atoms with van der Waals surface area (Å²) < 4.78 is 45.9. The number of amides is 1. The zero-order valence-corrected chi connectivity index (χ0v) is 13.5. The Bertz CT molecular complexity index is 726. The molecule has 7 nitrogen and oxygen atoms in total. The minimum Gasteiger partial charge on any atom is -0.373 e. The van der Waals surface area contributed by atoms with Crippen molar-refractivity contribution in [1.29, 1.82) is 0 Å². The molecule has 2 aromatic heterocycles. The number of rotatable bonds is 5. The van der Waals surface area contributed by atoms with E-state index in [4.69, 9.17) is 4.74 Å². The van der Waals surface area contributed by atoms with Crippen molar-refractivity contribution in [2.24, 2.45) is 5.92 Å². The van der Waals surface area contributed by atoms with E-state index >= 15 is 0 Å². The average Bonchev–Trinajstić information content (AvgIpc) is 3.30. The van der Waals surface area contributed by atoms with Crippen LogP contribution in [0, 0.1) is 5.92 Å². The fourth-order valence-electron chi connectivity index (χ4n) is 2.91. The summed E-state index contributed by atoms with van der Waals surface area (Å²) in [5, 5.41) is 12.6. The number of aromatic nitrogens is 4. The van der Waals surface area contributed by atoms with Gasteiger partial charge in [0.2, 0.25) is 0 Å². The normalized spacial score (nSPS) is 20.8. The molecule has 3 heterocycles. The van der Waals surface area contributed by atoms with Crippen molar-refractivity contribution in [1.82, 2.24) is 25.3 Å². The SMILES string of the molecule is CCn1cc(C(=O)NC[C@H]2CCO[C@@H]2c2cn[nH]c2)c(C(F)(F)F)n1. The Kier molecular flexibility index (Phi) is 4.80. The third-order valence-electron chi connectivity index (χ3n) is 4.19. The summed E-state index contributed by atoms with van der Waals surface area (Å²) in [5.74, 6) is -0.818. The summed E-state index contributed by atoms with van der Waals surface area (Å²) in [4.78, 5) is 12.3. The highest BCUT2D eigenvalue weighted by molar-refractivity contribution is 5.95. The Hall–Kier alpha value is -2.36. The largest absolute Gasteiger partial charge is 0.435 e. The van der Waals surface area contributed by atoms with Crippen molar-refractivity contribution in [2.75, 3.05) is 13.2 Å². The molecule has 1 aliphatic heterocycles. The smallest absolute Gasteiger partial charge is 0.373 e. The van der Waals surface area contributed by atoms with Gasteiger partial charge < -0.3 is 10.1 Å². The molecule has 1 fully saturated rings. The monoisotopic (exact) mass is 357 g/mol. The maximum absolute atomic E-state index is 13.1. The molecule has 2 atom stereocenters. The molecule has 1 aliphatic rings. The first kappa shape index (κ1) is 17.5. The molecule has 3 rings (SSSR count). The minimum atomic E-state index is -4.68. The predicted octanol–water partition coefficient (Wildman–Crippen LogP) is 2.15. The van der Waals surface area contributed by atoms with E-state index in [1.165, 1.54) is 0 Å². The van der Waals surface area contributed by atoms with Crippen LogP contribution in [0.2, 0.25) is 0 Å². The number of ether oxygens (including phenoxy) is 1. The predicted molar refractivity (Wildman–Crippen MR) is 80.6 cm³/mol. The first-order chi connectivity index (χ1) is 11.9. The fraction of sp³-hybridized carbons (Fsp3) is 0.533. The number of aryl methyl sites for hydroxylation is 1. The van der Waals surface area contributed by atoms with E-state index in [0.29, 0.717) is 13.0 Å². The number of nitrogens with one attached hydrogen (secondary N) is 2. The Morgan fingerprint density at radius 1 is 1.52 bits per heavy atom. The Morgan fingerprint density at radius 2 is 2.32 bits per heavy atom. The summed E-state index contributed by atoms with van der Waals surface area (Å²) in [6, 6.07) is 0. The summed E-state index contributed by atoms with van der Waals surface area (Å²) >= 11 is 0. The van der Waals surface area contributed by atoms with Gasteiger partial charge >= 0.3 is 6.18 Å². The average molecular weight is 357 g/mol. The fourth-order valence-corrected chi connectivity index (χ4v) is 2.91. The highest BCUT2D eigenvalue weighted by atomic mass is 19.4.